The highest BCUT2D eigenvalue weighted by Crippen LogP contribution is 2.33. The summed E-state index contributed by atoms with van der Waals surface area (Å²) in [5, 5.41) is 0. The summed E-state index contributed by atoms with van der Waals surface area (Å²) in [4.78, 5) is 12.8. The number of amides is 1. The summed E-state index contributed by atoms with van der Waals surface area (Å²) >= 11 is 0. The maximum Gasteiger partial charge on any atom is 0.266 e. The van der Waals surface area contributed by atoms with E-state index in [0.29, 0.717) is 61.5 Å². The van der Waals surface area contributed by atoms with Crippen LogP contribution in [0.25, 0.3) is 5.69 Å². The second-order valence-corrected chi connectivity index (χ2v) is 9.88. The zero-order valence-electron chi connectivity index (χ0n) is 17.8. The molecule has 1 amide bonds. The zero-order chi connectivity index (χ0) is 22.0. The van der Waals surface area contributed by atoms with Crippen molar-refractivity contribution in [2.45, 2.75) is 33.1 Å². The maximum atomic E-state index is 12.8. The van der Waals surface area contributed by atoms with Gasteiger partial charge in [0.15, 0.2) is 11.5 Å². The van der Waals surface area contributed by atoms with Gasteiger partial charge in [0.05, 0.1) is 11.3 Å². The first-order chi connectivity index (χ1) is 14.8. The summed E-state index contributed by atoms with van der Waals surface area (Å²) in [7, 11) is -3.71. The highest BCUT2D eigenvalue weighted by atomic mass is 32.2. The van der Waals surface area contributed by atoms with E-state index in [1.807, 2.05) is 29.7 Å². The monoisotopic (exact) mass is 448 g/mol. The van der Waals surface area contributed by atoms with Crippen LogP contribution in [0.5, 0.6) is 11.5 Å². The van der Waals surface area contributed by atoms with E-state index in [0.717, 1.165) is 24.2 Å². The van der Waals surface area contributed by atoms with Gasteiger partial charge in [-0.15, -0.1) is 0 Å². The minimum atomic E-state index is -3.71. The van der Waals surface area contributed by atoms with Gasteiger partial charge >= 0.3 is 0 Å². The summed E-state index contributed by atoms with van der Waals surface area (Å²) in [6.07, 6.45) is 2.25. The molecule has 1 aromatic heterocycles. The maximum absolute atomic E-state index is 12.8. The van der Waals surface area contributed by atoms with Crippen LogP contribution in [0.3, 0.4) is 0 Å². The molecule has 2 aliphatic rings. The third kappa shape index (κ3) is 4.88. The average Bonchev–Trinajstić information content (AvgIpc) is 3.06. The van der Waals surface area contributed by atoms with Gasteiger partial charge in [0.1, 0.15) is 13.2 Å². The quantitative estimate of drug-likeness (QED) is 0.730. The molecule has 0 atom stereocenters. The second-order valence-electron chi connectivity index (χ2n) is 8.04. The lowest BCUT2D eigenvalue weighted by Gasteiger charge is -2.21. The van der Waals surface area contributed by atoms with Crippen LogP contribution in [0.1, 0.15) is 41.0 Å². The van der Waals surface area contributed by atoms with Gasteiger partial charge < -0.3 is 18.8 Å². The molecule has 0 aliphatic carbocycles. The lowest BCUT2D eigenvalue weighted by molar-refractivity contribution is 0.0655. The van der Waals surface area contributed by atoms with Crippen LogP contribution < -0.4 is 14.2 Å². The Balaban J connectivity index is 1.49. The topological polar surface area (TPSA) is 95.9 Å². The number of carbonyl (C=O) groups excluding carboxylic acids is 1. The number of nitrogens with one attached hydrogen (secondary N) is 1. The van der Waals surface area contributed by atoms with Gasteiger partial charge in [0.2, 0.25) is 10.0 Å². The van der Waals surface area contributed by atoms with Crippen molar-refractivity contribution in [3.05, 3.63) is 41.2 Å². The van der Waals surface area contributed by atoms with E-state index in [2.05, 4.69) is 4.72 Å². The molecule has 0 saturated carbocycles. The standard InChI is InChI=1S/C22H28N2O6S/c1-15-13-19(22(25)23-31(26,27)12-7-17-5-8-28-9-6-17)16(2)24(15)18-3-4-20-21(14-18)30-11-10-29-20/h3-4,13-14,17H,5-12H2,1-2H3,(H,23,25). The Morgan fingerprint density at radius 3 is 2.52 bits per heavy atom. The van der Waals surface area contributed by atoms with Gasteiger partial charge in [-0.1, -0.05) is 0 Å². The molecule has 8 nitrogen and oxygen atoms in total. The van der Waals surface area contributed by atoms with E-state index >= 15 is 0 Å². The third-order valence-corrected chi connectivity index (χ3v) is 7.11. The van der Waals surface area contributed by atoms with Gasteiger partial charge in [-0.25, -0.2) is 13.1 Å². The average molecular weight is 449 g/mol. The van der Waals surface area contributed by atoms with Crippen molar-refractivity contribution in [2.75, 3.05) is 32.2 Å². The number of ether oxygens (including phenoxy) is 3. The summed E-state index contributed by atoms with van der Waals surface area (Å²) in [5.41, 5.74) is 2.63. The molecule has 2 aromatic rings. The van der Waals surface area contributed by atoms with Crippen molar-refractivity contribution in [1.82, 2.24) is 9.29 Å². The number of aryl methyl sites for hydroxylation is 1. The molecule has 0 bridgehead atoms. The molecule has 31 heavy (non-hydrogen) atoms. The van der Waals surface area contributed by atoms with Crippen molar-refractivity contribution in [2.24, 2.45) is 5.92 Å². The van der Waals surface area contributed by atoms with Crippen LogP contribution in [0, 0.1) is 19.8 Å². The number of rotatable bonds is 6. The lowest BCUT2D eigenvalue weighted by atomic mass is 9.98. The zero-order valence-corrected chi connectivity index (χ0v) is 18.7. The van der Waals surface area contributed by atoms with Crippen LogP contribution in [0.4, 0.5) is 0 Å². The van der Waals surface area contributed by atoms with Crippen molar-refractivity contribution >= 4 is 15.9 Å². The molecule has 3 heterocycles. The SMILES string of the molecule is Cc1cc(C(=O)NS(=O)(=O)CCC2CCOCC2)c(C)n1-c1ccc2c(c1)OCCO2. The van der Waals surface area contributed by atoms with E-state index in [1.54, 1.807) is 13.0 Å². The molecule has 9 heteroatoms. The first-order valence-corrected chi connectivity index (χ1v) is 12.2. The number of hydrogen-bond donors (Lipinski definition) is 1. The number of nitrogens with zero attached hydrogens (tertiary/aromatic N) is 1. The van der Waals surface area contributed by atoms with Crippen LogP contribution in [0.15, 0.2) is 24.3 Å². The van der Waals surface area contributed by atoms with Gasteiger partial charge in [-0.05, 0) is 57.2 Å². The van der Waals surface area contributed by atoms with Crippen molar-refractivity contribution in [3.63, 3.8) is 0 Å². The molecule has 1 N–H and O–H groups in total. The molecule has 4 rings (SSSR count). The van der Waals surface area contributed by atoms with Crippen LogP contribution >= 0.6 is 0 Å². The van der Waals surface area contributed by atoms with E-state index in [9.17, 15) is 13.2 Å². The van der Waals surface area contributed by atoms with Crippen LogP contribution in [0.2, 0.25) is 0 Å². The van der Waals surface area contributed by atoms with Crippen LogP contribution in [-0.4, -0.2) is 51.1 Å². The molecule has 0 spiro atoms. The number of aromatic nitrogens is 1. The predicted octanol–water partition coefficient (Wildman–Crippen LogP) is 2.74. The lowest BCUT2D eigenvalue weighted by Crippen LogP contribution is -2.33. The molecular formula is C22H28N2O6S. The summed E-state index contributed by atoms with van der Waals surface area (Å²) in [6.45, 7) is 6.01. The molecule has 168 valence electrons. The van der Waals surface area contributed by atoms with Gasteiger partial charge in [0.25, 0.3) is 5.91 Å². The Morgan fingerprint density at radius 2 is 1.77 bits per heavy atom. The first kappa shape index (κ1) is 21.7. The molecular weight excluding hydrogens is 420 g/mol. The van der Waals surface area contributed by atoms with Gasteiger partial charge in [0, 0.05) is 36.4 Å². The fourth-order valence-corrected chi connectivity index (χ4v) is 5.30. The Labute approximate surface area is 182 Å². The molecule has 1 fully saturated rings. The Bertz CT molecular complexity index is 1070. The van der Waals surface area contributed by atoms with E-state index in [-0.39, 0.29) is 5.75 Å². The summed E-state index contributed by atoms with van der Waals surface area (Å²) in [5.74, 6) is 0.984. The largest absolute Gasteiger partial charge is 0.486 e. The van der Waals surface area contributed by atoms with Crippen LogP contribution in [-0.2, 0) is 14.8 Å². The second kappa shape index (κ2) is 8.92. The number of sulfonamides is 1. The van der Waals surface area contributed by atoms with Gasteiger partial charge in [-0.2, -0.15) is 0 Å². The predicted molar refractivity (Wildman–Crippen MR) is 116 cm³/mol. The fraction of sp³-hybridized carbons (Fsp3) is 0.500. The molecule has 1 saturated heterocycles. The number of fused-ring (bicyclic) bond motifs is 1. The smallest absolute Gasteiger partial charge is 0.266 e. The highest BCUT2D eigenvalue weighted by molar-refractivity contribution is 7.90. The van der Waals surface area contributed by atoms with E-state index < -0.39 is 15.9 Å². The number of hydrogen-bond acceptors (Lipinski definition) is 6. The van der Waals surface area contributed by atoms with E-state index in [1.165, 1.54) is 0 Å². The molecule has 1 aromatic carbocycles. The van der Waals surface area contributed by atoms with Crippen molar-refractivity contribution in [1.29, 1.82) is 0 Å². The first-order valence-electron chi connectivity index (χ1n) is 10.6. The minimum Gasteiger partial charge on any atom is -0.486 e. The Morgan fingerprint density at radius 1 is 1.06 bits per heavy atom. The Kier molecular flexibility index (Phi) is 6.24. The number of benzene rings is 1. The Hall–Kier alpha value is -2.52. The van der Waals surface area contributed by atoms with E-state index in [4.69, 9.17) is 14.2 Å². The highest BCUT2D eigenvalue weighted by Gasteiger charge is 2.24. The molecule has 2 aliphatic heterocycles. The third-order valence-electron chi connectivity index (χ3n) is 5.84. The van der Waals surface area contributed by atoms with Crippen molar-refractivity contribution in [3.8, 4) is 17.2 Å². The fourth-order valence-electron chi connectivity index (χ4n) is 4.17. The normalized spacial score (nSPS) is 16.8. The minimum absolute atomic E-state index is 0.0652. The summed E-state index contributed by atoms with van der Waals surface area (Å²) in [6, 6.07) is 7.29. The van der Waals surface area contributed by atoms with Crippen molar-refractivity contribution < 1.29 is 27.4 Å². The number of carbonyl (C=O) groups is 1. The summed E-state index contributed by atoms with van der Waals surface area (Å²) < 4.78 is 45.7. The molecule has 0 unspecified atom stereocenters. The van der Waals surface area contributed by atoms with Gasteiger partial charge in [-0.3, -0.25) is 4.79 Å². The molecule has 0 radical (unpaired) electrons.